The van der Waals surface area contributed by atoms with Gasteiger partial charge in [-0.1, -0.05) is 0 Å². The maximum Gasteiger partial charge on any atom is 0.356 e. The lowest BCUT2D eigenvalue weighted by atomic mass is 10.1. The van der Waals surface area contributed by atoms with E-state index in [0.29, 0.717) is 5.82 Å². The SMILES string of the molecule is CC(CCc1ccco1)Nc1ccc(C(=O)O)nn1. The van der Waals surface area contributed by atoms with Crippen LogP contribution < -0.4 is 5.32 Å². The average Bonchev–Trinajstić information content (AvgIpc) is 2.90. The lowest BCUT2D eigenvalue weighted by Gasteiger charge is -2.13. The standard InChI is InChI=1S/C13H15N3O3/c1-9(4-5-10-3-2-8-19-10)14-12-7-6-11(13(17)18)15-16-12/h2-3,6-9H,4-5H2,1H3,(H,14,16)(H,17,18). The molecule has 100 valence electrons. The molecule has 0 aliphatic carbocycles. The number of anilines is 1. The van der Waals surface area contributed by atoms with Crippen molar-refractivity contribution in [3.8, 4) is 0 Å². The average molecular weight is 261 g/mol. The van der Waals surface area contributed by atoms with Crippen LogP contribution in [0, 0.1) is 0 Å². The second-order valence-electron chi connectivity index (χ2n) is 4.27. The molecule has 1 atom stereocenters. The molecule has 0 bridgehead atoms. The van der Waals surface area contributed by atoms with Gasteiger partial charge in [-0.05, 0) is 37.6 Å². The van der Waals surface area contributed by atoms with Crippen LogP contribution in [0.5, 0.6) is 0 Å². The monoisotopic (exact) mass is 261 g/mol. The summed E-state index contributed by atoms with van der Waals surface area (Å²) in [6, 6.07) is 7.03. The van der Waals surface area contributed by atoms with Crippen molar-refractivity contribution in [2.45, 2.75) is 25.8 Å². The summed E-state index contributed by atoms with van der Waals surface area (Å²) in [5, 5.41) is 19.3. The van der Waals surface area contributed by atoms with Gasteiger partial charge in [0.15, 0.2) is 5.69 Å². The molecule has 0 amide bonds. The molecule has 0 aliphatic heterocycles. The Morgan fingerprint density at radius 1 is 1.42 bits per heavy atom. The summed E-state index contributed by atoms with van der Waals surface area (Å²) in [5.41, 5.74) is -0.0613. The number of carboxylic acid groups (broad SMARTS) is 1. The van der Waals surface area contributed by atoms with E-state index in [1.807, 2.05) is 19.1 Å². The minimum atomic E-state index is -1.08. The first-order valence-electron chi connectivity index (χ1n) is 6.01. The van der Waals surface area contributed by atoms with Crippen molar-refractivity contribution in [3.05, 3.63) is 42.0 Å². The van der Waals surface area contributed by atoms with E-state index in [0.717, 1.165) is 18.6 Å². The highest BCUT2D eigenvalue weighted by atomic mass is 16.4. The van der Waals surface area contributed by atoms with E-state index < -0.39 is 5.97 Å². The molecule has 0 aliphatic rings. The second-order valence-corrected chi connectivity index (χ2v) is 4.27. The van der Waals surface area contributed by atoms with E-state index in [1.54, 1.807) is 12.3 Å². The molecule has 2 heterocycles. The Balaban J connectivity index is 1.84. The fraction of sp³-hybridized carbons (Fsp3) is 0.308. The van der Waals surface area contributed by atoms with E-state index in [-0.39, 0.29) is 11.7 Å². The predicted molar refractivity (Wildman–Crippen MR) is 69.1 cm³/mol. The second kappa shape index (κ2) is 5.99. The number of carbonyl (C=O) groups is 1. The van der Waals surface area contributed by atoms with Gasteiger partial charge in [-0.3, -0.25) is 0 Å². The predicted octanol–water partition coefficient (Wildman–Crippen LogP) is 2.20. The Labute approximate surface area is 110 Å². The normalized spacial score (nSPS) is 12.1. The van der Waals surface area contributed by atoms with Gasteiger partial charge in [0.2, 0.25) is 0 Å². The quantitative estimate of drug-likeness (QED) is 0.828. The number of aryl methyl sites for hydroxylation is 1. The topological polar surface area (TPSA) is 88.2 Å². The molecule has 0 saturated carbocycles. The van der Waals surface area contributed by atoms with E-state index in [9.17, 15) is 4.79 Å². The van der Waals surface area contributed by atoms with Crippen LogP contribution >= 0.6 is 0 Å². The zero-order chi connectivity index (χ0) is 13.7. The lowest BCUT2D eigenvalue weighted by Crippen LogP contribution is -2.17. The minimum absolute atomic E-state index is 0.0613. The Morgan fingerprint density at radius 2 is 2.26 bits per heavy atom. The van der Waals surface area contributed by atoms with Crippen LogP contribution in [0.2, 0.25) is 0 Å². The molecule has 0 radical (unpaired) electrons. The maximum atomic E-state index is 10.6. The summed E-state index contributed by atoms with van der Waals surface area (Å²) in [4.78, 5) is 10.6. The molecule has 2 rings (SSSR count). The van der Waals surface area contributed by atoms with Crippen molar-refractivity contribution in [1.29, 1.82) is 0 Å². The largest absolute Gasteiger partial charge is 0.476 e. The first-order valence-corrected chi connectivity index (χ1v) is 6.01. The number of nitrogens with one attached hydrogen (secondary N) is 1. The molecule has 6 heteroatoms. The molecule has 2 N–H and O–H groups in total. The fourth-order valence-corrected chi connectivity index (χ4v) is 1.66. The first-order chi connectivity index (χ1) is 9.15. The van der Waals surface area contributed by atoms with Crippen LogP contribution in [0.4, 0.5) is 5.82 Å². The van der Waals surface area contributed by atoms with Gasteiger partial charge >= 0.3 is 5.97 Å². The number of hydrogen-bond donors (Lipinski definition) is 2. The van der Waals surface area contributed by atoms with E-state index in [2.05, 4.69) is 15.5 Å². The summed E-state index contributed by atoms with van der Waals surface area (Å²) in [6.45, 7) is 2.02. The van der Waals surface area contributed by atoms with Crippen LogP contribution in [-0.2, 0) is 6.42 Å². The highest BCUT2D eigenvalue weighted by molar-refractivity contribution is 5.85. The summed E-state index contributed by atoms with van der Waals surface area (Å²) < 4.78 is 5.26. The minimum Gasteiger partial charge on any atom is -0.476 e. The molecular formula is C13H15N3O3. The van der Waals surface area contributed by atoms with Crippen molar-refractivity contribution in [2.75, 3.05) is 5.32 Å². The third-order valence-electron chi connectivity index (χ3n) is 2.68. The first kappa shape index (κ1) is 13.1. The van der Waals surface area contributed by atoms with Gasteiger partial charge in [0, 0.05) is 12.5 Å². The number of furan rings is 1. The zero-order valence-electron chi connectivity index (χ0n) is 10.5. The van der Waals surface area contributed by atoms with Crippen molar-refractivity contribution in [1.82, 2.24) is 10.2 Å². The Hall–Kier alpha value is -2.37. The van der Waals surface area contributed by atoms with Gasteiger partial charge < -0.3 is 14.8 Å². The molecule has 0 spiro atoms. The van der Waals surface area contributed by atoms with E-state index in [4.69, 9.17) is 9.52 Å². The number of aromatic carboxylic acids is 1. The molecule has 6 nitrogen and oxygen atoms in total. The van der Waals surface area contributed by atoms with Crippen LogP contribution in [0.25, 0.3) is 0 Å². The third-order valence-corrected chi connectivity index (χ3v) is 2.68. The molecule has 2 aromatic rings. The Morgan fingerprint density at radius 3 is 2.84 bits per heavy atom. The fourth-order valence-electron chi connectivity index (χ4n) is 1.66. The summed E-state index contributed by atoms with van der Waals surface area (Å²) >= 11 is 0. The molecule has 0 fully saturated rings. The van der Waals surface area contributed by atoms with Gasteiger partial charge in [0.25, 0.3) is 0 Å². The van der Waals surface area contributed by atoms with Crippen LogP contribution in [0.3, 0.4) is 0 Å². The van der Waals surface area contributed by atoms with Gasteiger partial charge in [0.1, 0.15) is 11.6 Å². The highest BCUT2D eigenvalue weighted by Gasteiger charge is 2.08. The lowest BCUT2D eigenvalue weighted by molar-refractivity contribution is 0.0689. The van der Waals surface area contributed by atoms with Crippen LogP contribution in [0.15, 0.2) is 34.9 Å². The molecule has 0 aromatic carbocycles. The summed E-state index contributed by atoms with van der Waals surface area (Å²) in [6.07, 6.45) is 3.38. The van der Waals surface area contributed by atoms with Gasteiger partial charge in [-0.25, -0.2) is 4.79 Å². The molecular weight excluding hydrogens is 246 g/mol. The van der Waals surface area contributed by atoms with E-state index >= 15 is 0 Å². The number of rotatable bonds is 6. The van der Waals surface area contributed by atoms with Crippen molar-refractivity contribution in [2.24, 2.45) is 0 Å². The van der Waals surface area contributed by atoms with Crippen molar-refractivity contribution >= 4 is 11.8 Å². The van der Waals surface area contributed by atoms with Crippen molar-refractivity contribution < 1.29 is 14.3 Å². The van der Waals surface area contributed by atoms with Gasteiger partial charge in [-0.2, -0.15) is 0 Å². The number of hydrogen-bond acceptors (Lipinski definition) is 5. The zero-order valence-corrected chi connectivity index (χ0v) is 10.5. The molecule has 1 unspecified atom stereocenters. The number of aromatic nitrogens is 2. The smallest absolute Gasteiger partial charge is 0.356 e. The summed E-state index contributed by atoms with van der Waals surface area (Å²) in [5.74, 6) is 0.433. The molecule has 19 heavy (non-hydrogen) atoms. The van der Waals surface area contributed by atoms with Gasteiger partial charge in [0.05, 0.1) is 6.26 Å². The van der Waals surface area contributed by atoms with Crippen LogP contribution in [0.1, 0.15) is 29.6 Å². The third kappa shape index (κ3) is 3.80. The summed E-state index contributed by atoms with van der Waals surface area (Å²) in [7, 11) is 0. The molecule has 2 aromatic heterocycles. The Bertz CT molecular complexity index is 523. The van der Waals surface area contributed by atoms with Crippen molar-refractivity contribution in [3.63, 3.8) is 0 Å². The van der Waals surface area contributed by atoms with Gasteiger partial charge in [-0.15, -0.1) is 10.2 Å². The number of nitrogens with zero attached hydrogens (tertiary/aromatic N) is 2. The van der Waals surface area contributed by atoms with E-state index in [1.165, 1.54) is 6.07 Å². The molecule has 0 saturated heterocycles. The number of carboxylic acids is 1. The highest BCUT2D eigenvalue weighted by Crippen LogP contribution is 2.10. The Kier molecular flexibility index (Phi) is 4.12. The van der Waals surface area contributed by atoms with Crippen LogP contribution in [-0.4, -0.2) is 27.3 Å². The maximum absolute atomic E-state index is 10.6.